The van der Waals surface area contributed by atoms with Gasteiger partial charge in [0.15, 0.2) is 4.34 Å². The number of carbonyl (C=O) groups is 2. The van der Waals surface area contributed by atoms with Crippen LogP contribution in [0, 0.1) is 0 Å². The van der Waals surface area contributed by atoms with Crippen molar-refractivity contribution in [3.8, 4) is 0 Å². The van der Waals surface area contributed by atoms with Crippen molar-refractivity contribution in [2.24, 2.45) is 0 Å². The van der Waals surface area contributed by atoms with E-state index in [4.69, 9.17) is 4.74 Å². The lowest BCUT2D eigenvalue weighted by Gasteiger charge is -2.00. The maximum atomic E-state index is 11.4. The molecule has 5 nitrogen and oxygen atoms in total. The van der Waals surface area contributed by atoms with Crippen molar-refractivity contribution in [1.29, 1.82) is 0 Å². The molecule has 0 spiro atoms. The highest BCUT2D eigenvalue weighted by atomic mass is 32.2. The highest BCUT2D eigenvalue weighted by Crippen LogP contribution is 2.19. The maximum Gasteiger partial charge on any atom is 0.306 e. The third kappa shape index (κ3) is 5.22. The average molecular weight is 260 g/mol. The lowest BCUT2D eigenvalue weighted by atomic mass is 10.2. The Morgan fingerprint density at radius 3 is 2.94 bits per heavy atom. The van der Waals surface area contributed by atoms with Crippen LogP contribution in [-0.4, -0.2) is 34.3 Å². The number of hydrogen-bond donors (Lipinski definition) is 0. The van der Waals surface area contributed by atoms with E-state index < -0.39 is 0 Å². The quantitative estimate of drug-likeness (QED) is 0.547. The molecule has 0 saturated heterocycles. The summed E-state index contributed by atoms with van der Waals surface area (Å²) in [4.78, 5) is 22.4. The molecule has 1 aromatic rings. The van der Waals surface area contributed by atoms with Crippen molar-refractivity contribution in [2.45, 2.75) is 24.1 Å². The number of ether oxygens (including phenoxy) is 1. The van der Waals surface area contributed by atoms with E-state index in [2.05, 4.69) is 10.2 Å². The van der Waals surface area contributed by atoms with E-state index in [0.29, 0.717) is 12.4 Å². The maximum absolute atomic E-state index is 11.4. The first kappa shape index (κ1) is 13.1. The second kappa shape index (κ2) is 7.34. The Bertz CT molecular complexity index is 341. The van der Waals surface area contributed by atoms with Crippen molar-refractivity contribution in [3.63, 3.8) is 0 Å². The van der Waals surface area contributed by atoms with Gasteiger partial charge in [0.1, 0.15) is 11.3 Å². The molecular formula is C9H12N2O3S2. The third-order valence-corrected chi connectivity index (χ3v) is 3.53. The summed E-state index contributed by atoms with van der Waals surface area (Å²) in [5.41, 5.74) is 1.62. The first-order valence-corrected chi connectivity index (χ1v) is 6.65. The lowest BCUT2D eigenvalue weighted by Crippen LogP contribution is -2.08. The summed E-state index contributed by atoms with van der Waals surface area (Å²) in [6.07, 6.45) is 0.383. The molecule has 7 heteroatoms. The number of thioether (sulfide) groups is 1. The van der Waals surface area contributed by atoms with E-state index in [1.807, 2.05) is 0 Å². The molecule has 1 aromatic heterocycles. The minimum Gasteiger partial charge on any atom is -0.466 e. The van der Waals surface area contributed by atoms with Crippen LogP contribution in [0.1, 0.15) is 19.8 Å². The van der Waals surface area contributed by atoms with Gasteiger partial charge in [-0.3, -0.25) is 9.59 Å². The summed E-state index contributed by atoms with van der Waals surface area (Å²) in [6, 6.07) is 0. The zero-order chi connectivity index (χ0) is 11.8. The fourth-order valence-corrected chi connectivity index (χ4v) is 2.31. The third-order valence-electron chi connectivity index (χ3n) is 1.61. The summed E-state index contributed by atoms with van der Waals surface area (Å²) >= 11 is 2.74. The van der Waals surface area contributed by atoms with Gasteiger partial charge >= 0.3 is 5.97 Å². The topological polar surface area (TPSA) is 69.2 Å². The molecule has 1 heterocycles. The predicted molar refractivity (Wildman–Crippen MR) is 61.5 cm³/mol. The van der Waals surface area contributed by atoms with E-state index in [-0.39, 0.29) is 24.6 Å². The molecule has 1 rings (SSSR count). The average Bonchev–Trinajstić information content (AvgIpc) is 2.77. The van der Waals surface area contributed by atoms with E-state index >= 15 is 0 Å². The first-order chi connectivity index (χ1) is 7.72. The molecule has 0 unspecified atom stereocenters. The SMILES string of the molecule is CCOC(=O)CCC(=O)CSc1nncs1. The number of carbonyl (C=O) groups excluding carboxylic acids is 2. The smallest absolute Gasteiger partial charge is 0.306 e. The van der Waals surface area contributed by atoms with Crippen molar-refractivity contribution in [3.05, 3.63) is 5.51 Å². The lowest BCUT2D eigenvalue weighted by molar-refractivity contribution is -0.144. The Balaban J connectivity index is 2.14. The minimum atomic E-state index is -0.322. The highest BCUT2D eigenvalue weighted by Gasteiger charge is 2.09. The van der Waals surface area contributed by atoms with Gasteiger partial charge in [-0.15, -0.1) is 10.2 Å². The molecule has 0 N–H and O–H groups in total. The van der Waals surface area contributed by atoms with Crippen LogP contribution in [0.25, 0.3) is 0 Å². The van der Waals surface area contributed by atoms with E-state index in [1.165, 1.54) is 23.1 Å². The molecule has 0 amide bonds. The van der Waals surface area contributed by atoms with Crippen LogP contribution in [-0.2, 0) is 14.3 Å². The number of rotatable bonds is 7. The highest BCUT2D eigenvalue weighted by molar-refractivity contribution is 8.01. The Morgan fingerprint density at radius 2 is 2.31 bits per heavy atom. The second-order valence-corrected chi connectivity index (χ2v) is 4.89. The fraction of sp³-hybridized carbons (Fsp3) is 0.556. The van der Waals surface area contributed by atoms with E-state index in [0.717, 1.165) is 4.34 Å². The van der Waals surface area contributed by atoms with Gasteiger partial charge in [0.05, 0.1) is 18.8 Å². The molecule has 0 fully saturated rings. The van der Waals surface area contributed by atoms with Crippen molar-refractivity contribution in [2.75, 3.05) is 12.4 Å². The van der Waals surface area contributed by atoms with Crippen LogP contribution in [0.4, 0.5) is 0 Å². The molecule has 0 aliphatic carbocycles. The van der Waals surface area contributed by atoms with Gasteiger partial charge < -0.3 is 4.74 Å². The zero-order valence-electron chi connectivity index (χ0n) is 8.84. The number of esters is 1. The van der Waals surface area contributed by atoms with Crippen LogP contribution in [0.5, 0.6) is 0 Å². The van der Waals surface area contributed by atoms with Gasteiger partial charge in [0, 0.05) is 6.42 Å². The molecule has 16 heavy (non-hydrogen) atoms. The molecule has 0 saturated carbocycles. The van der Waals surface area contributed by atoms with Gasteiger partial charge in [0.2, 0.25) is 0 Å². The molecule has 0 aromatic carbocycles. The summed E-state index contributed by atoms with van der Waals surface area (Å²) in [7, 11) is 0. The molecule has 0 atom stereocenters. The number of ketones is 1. The molecule has 0 aliphatic rings. The normalized spacial score (nSPS) is 10.1. The van der Waals surface area contributed by atoms with Gasteiger partial charge in [-0.05, 0) is 6.92 Å². The van der Waals surface area contributed by atoms with E-state index in [1.54, 1.807) is 12.4 Å². The number of hydrogen-bond acceptors (Lipinski definition) is 7. The van der Waals surface area contributed by atoms with E-state index in [9.17, 15) is 9.59 Å². The molecule has 88 valence electrons. The second-order valence-electron chi connectivity index (χ2n) is 2.84. The van der Waals surface area contributed by atoms with Gasteiger partial charge in [-0.1, -0.05) is 23.1 Å². The van der Waals surface area contributed by atoms with Crippen molar-refractivity contribution < 1.29 is 14.3 Å². The largest absolute Gasteiger partial charge is 0.466 e. The Labute approximate surface area is 102 Å². The van der Waals surface area contributed by atoms with Gasteiger partial charge in [-0.25, -0.2) is 0 Å². The monoisotopic (exact) mass is 260 g/mol. The summed E-state index contributed by atoms with van der Waals surface area (Å²) in [5, 5.41) is 7.46. The standard InChI is InChI=1S/C9H12N2O3S2/c1-2-14-8(13)4-3-7(12)5-15-9-11-10-6-16-9/h6H,2-5H2,1H3. The van der Waals surface area contributed by atoms with Crippen LogP contribution >= 0.6 is 23.1 Å². The molecular weight excluding hydrogens is 248 g/mol. The Hall–Kier alpha value is -0.950. The number of nitrogens with zero attached hydrogens (tertiary/aromatic N) is 2. The number of aromatic nitrogens is 2. The van der Waals surface area contributed by atoms with Crippen LogP contribution in [0.15, 0.2) is 9.85 Å². The molecule has 0 radical (unpaired) electrons. The van der Waals surface area contributed by atoms with Crippen molar-refractivity contribution in [1.82, 2.24) is 10.2 Å². The summed E-state index contributed by atoms with van der Waals surface area (Å²) in [6.45, 7) is 2.09. The Kier molecular flexibility index (Phi) is 6.02. The summed E-state index contributed by atoms with van der Waals surface area (Å²) < 4.78 is 5.49. The predicted octanol–water partition coefficient (Wildman–Crippen LogP) is 1.54. The van der Waals surface area contributed by atoms with Crippen LogP contribution < -0.4 is 0 Å². The molecule has 0 aliphatic heterocycles. The molecule has 0 bridgehead atoms. The fourth-order valence-electron chi connectivity index (χ4n) is 0.915. The zero-order valence-corrected chi connectivity index (χ0v) is 10.5. The van der Waals surface area contributed by atoms with Gasteiger partial charge in [-0.2, -0.15) is 0 Å². The van der Waals surface area contributed by atoms with Crippen LogP contribution in [0.3, 0.4) is 0 Å². The van der Waals surface area contributed by atoms with Crippen LogP contribution in [0.2, 0.25) is 0 Å². The number of Topliss-reactive ketones (excluding diaryl/α,β-unsaturated/α-hetero) is 1. The Morgan fingerprint density at radius 1 is 1.50 bits per heavy atom. The minimum absolute atomic E-state index is 0.0215. The first-order valence-electron chi connectivity index (χ1n) is 4.78. The van der Waals surface area contributed by atoms with Crippen molar-refractivity contribution >= 4 is 34.9 Å². The summed E-state index contributed by atoms with van der Waals surface area (Å²) in [5.74, 6) is 0.0271. The van der Waals surface area contributed by atoms with Gasteiger partial charge in [0.25, 0.3) is 0 Å².